The quantitative estimate of drug-likeness (QED) is 0.243. The third kappa shape index (κ3) is 8.91. The fraction of sp³-hybridized carbons (Fsp3) is 0.462. The summed E-state index contributed by atoms with van der Waals surface area (Å²) in [5.41, 5.74) is 0.564. The second-order valence-electron chi connectivity index (χ2n) is 7.68. The molecule has 0 aliphatic heterocycles. The first-order chi connectivity index (χ1) is 15.1. The molecule has 0 aliphatic rings. The molecule has 5 heteroatoms. The van der Waals surface area contributed by atoms with Gasteiger partial charge in [-0.15, -0.1) is 0 Å². The van der Waals surface area contributed by atoms with Crippen LogP contribution in [0.2, 0.25) is 0 Å². The van der Waals surface area contributed by atoms with Gasteiger partial charge in [0.05, 0.1) is 17.7 Å². The first-order valence-corrected chi connectivity index (χ1v) is 11.3. The number of hydrogen-bond donors (Lipinski definition) is 0. The summed E-state index contributed by atoms with van der Waals surface area (Å²) in [5, 5.41) is 0. The lowest BCUT2D eigenvalue weighted by Gasteiger charge is -2.10. The van der Waals surface area contributed by atoms with Crippen molar-refractivity contribution < 1.29 is 23.5 Å². The van der Waals surface area contributed by atoms with Gasteiger partial charge < -0.3 is 9.47 Å². The molecular formula is C26H33FO4. The highest BCUT2D eigenvalue weighted by molar-refractivity contribution is 6.03. The molecule has 31 heavy (non-hydrogen) atoms. The third-order valence-corrected chi connectivity index (χ3v) is 5.16. The standard InChI is InChI=1S/C26H33FO4/c1-2-3-4-5-6-7-8-9-14-19-30-25(28)22-16-11-12-17-23(22)26(29)31-20-21-15-10-13-18-24(21)27/h10-13,15-18H,2-9,14,19-20H2,1H3. The Hall–Kier alpha value is -2.69. The van der Waals surface area contributed by atoms with Crippen LogP contribution < -0.4 is 0 Å². The number of unbranched alkanes of at least 4 members (excludes halogenated alkanes) is 8. The summed E-state index contributed by atoms with van der Waals surface area (Å²) in [5.74, 6) is -1.67. The van der Waals surface area contributed by atoms with Crippen molar-refractivity contribution in [3.05, 3.63) is 71.0 Å². The van der Waals surface area contributed by atoms with Gasteiger partial charge in [0, 0.05) is 5.56 Å². The van der Waals surface area contributed by atoms with Gasteiger partial charge in [-0.25, -0.2) is 14.0 Å². The van der Waals surface area contributed by atoms with E-state index in [0.29, 0.717) is 6.61 Å². The van der Waals surface area contributed by atoms with Crippen molar-refractivity contribution in [2.75, 3.05) is 6.61 Å². The van der Waals surface area contributed by atoms with Gasteiger partial charge >= 0.3 is 11.9 Å². The SMILES string of the molecule is CCCCCCCCCCCOC(=O)c1ccccc1C(=O)OCc1ccccc1F. The molecule has 0 atom stereocenters. The second kappa shape index (κ2) is 14.3. The Balaban J connectivity index is 1.74. The number of carbonyl (C=O) groups is 2. The molecule has 0 bridgehead atoms. The van der Waals surface area contributed by atoms with Gasteiger partial charge in [-0.2, -0.15) is 0 Å². The molecule has 2 rings (SSSR count). The van der Waals surface area contributed by atoms with Crippen LogP contribution in [-0.4, -0.2) is 18.5 Å². The molecule has 2 aromatic rings. The maximum absolute atomic E-state index is 13.7. The Morgan fingerprint density at radius 1 is 0.710 bits per heavy atom. The van der Waals surface area contributed by atoms with Crippen molar-refractivity contribution in [1.82, 2.24) is 0 Å². The highest BCUT2D eigenvalue weighted by atomic mass is 19.1. The average molecular weight is 429 g/mol. The highest BCUT2D eigenvalue weighted by Crippen LogP contribution is 2.15. The monoisotopic (exact) mass is 428 g/mol. The van der Waals surface area contributed by atoms with E-state index in [9.17, 15) is 14.0 Å². The second-order valence-corrected chi connectivity index (χ2v) is 7.68. The smallest absolute Gasteiger partial charge is 0.339 e. The summed E-state index contributed by atoms with van der Waals surface area (Å²) in [6.07, 6.45) is 10.6. The van der Waals surface area contributed by atoms with Crippen LogP contribution in [0.5, 0.6) is 0 Å². The number of benzene rings is 2. The Labute approximate surface area is 184 Å². The molecule has 0 aliphatic carbocycles. The number of ether oxygens (including phenoxy) is 2. The topological polar surface area (TPSA) is 52.6 Å². The Kier molecular flexibility index (Phi) is 11.4. The lowest BCUT2D eigenvalue weighted by atomic mass is 10.1. The fourth-order valence-electron chi connectivity index (χ4n) is 3.33. The van der Waals surface area contributed by atoms with Gasteiger partial charge in [0.2, 0.25) is 0 Å². The van der Waals surface area contributed by atoms with Crippen molar-refractivity contribution in [2.45, 2.75) is 71.3 Å². The fourth-order valence-corrected chi connectivity index (χ4v) is 3.33. The van der Waals surface area contributed by atoms with E-state index in [1.165, 1.54) is 50.7 Å². The third-order valence-electron chi connectivity index (χ3n) is 5.16. The van der Waals surface area contributed by atoms with Gasteiger partial charge in [0.15, 0.2) is 0 Å². The summed E-state index contributed by atoms with van der Waals surface area (Å²) >= 11 is 0. The van der Waals surface area contributed by atoms with E-state index >= 15 is 0 Å². The van der Waals surface area contributed by atoms with Crippen molar-refractivity contribution >= 4 is 11.9 Å². The number of rotatable bonds is 14. The zero-order chi connectivity index (χ0) is 22.3. The van der Waals surface area contributed by atoms with Crippen molar-refractivity contribution in [1.29, 1.82) is 0 Å². The minimum Gasteiger partial charge on any atom is -0.462 e. The first-order valence-electron chi connectivity index (χ1n) is 11.3. The Morgan fingerprint density at radius 3 is 1.84 bits per heavy atom. The van der Waals surface area contributed by atoms with Crippen molar-refractivity contribution in [3.8, 4) is 0 Å². The predicted molar refractivity (Wildman–Crippen MR) is 119 cm³/mol. The molecule has 0 fully saturated rings. The number of hydrogen-bond acceptors (Lipinski definition) is 4. The summed E-state index contributed by atoms with van der Waals surface area (Å²) in [6, 6.07) is 12.5. The zero-order valence-corrected chi connectivity index (χ0v) is 18.4. The van der Waals surface area contributed by atoms with Crippen LogP contribution in [0.15, 0.2) is 48.5 Å². The van der Waals surface area contributed by atoms with E-state index in [2.05, 4.69) is 6.92 Å². The average Bonchev–Trinajstić information content (AvgIpc) is 2.79. The summed E-state index contributed by atoms with van der Waals surface area (Å²) in [6.45, 7) is 2.34. The Morgan fingerprint density at radius 2 is 1.23 bits per heavy atom. The molecule has 0 heterocycles. The highest BCUT2D eigenvalue weighted by Gasteiger charge is 2.19. The zero-order valence-electron chi connectivity index (χ0n) is 18.4. The molecule has 0 spiro atoms. The van der Waals surface area contributed by atoms with Crippen LogP contribution in [-0.2, 0) is 16.1 Å². The number of halogens is 1. The van der Waals surface area contributed by atoms with Crippen molar-refractivity contribution in [2.24, 2.45) is 0 Å². The molecule has 0 radical (unpaired) electrons. The maximum Gasteiger partial charge on any atom is 0.339 e. The van der Waals surface area contributed by atoms with E-state index in [4.69, 9.17) is 9.47 Å². The van der Waals surface area contributed by atoms with E-state index in [-0.39, 0.29) is 23.3 Å². The molecule has 0 unspecified atom stereocenters. The number of esters is 2. The van der Waals surface area contributed by atoms with Crippen LogP contribution in [0.1, 0.15) is 91.0 Å². The first kappa shape index (κ1) is 24.6. The molecule has 0 saturated carbocycles. The summed E-state index contributed by atoms with van der Waals surface area (Å²) in [7, 11) is 0. The van der Waals surface area contributed by atoms with Crippen molar-refractivity contribution in [3.63, 3.8) is 0 Å². The number of carbonyl (C=O) groups excluding carboxylic acids is 2. The molecule has 0 saturated heterocycles. The van der Waals surface area contributed by atoms with E-state index in [1.54, 1.807) is 36.4 Å². The Bertz CT molecular complexity index is 819. The van der Waals surface area contributed by atoms with Crippen LogP contribution in [0.3, 0.4) is 0 Å². The van der Waals surface area contributed by atoms with Gasteiger partial charge in [-0.05, 0) is 24.6 Å². The largest absolute Gasteiger partial charge is 0.462 e. The molecule has 2 aromatic carbocycles. The van der Waals surface area contributed by atoms with Crippen LogP contribution in [0.25, 0.3) is 0 Å². The minimum atomic E-state index is -0.682. The van der Waals surface area contributed by atoms with Crippen LogP contribution in [0, 0.1) is 5.82 Å². The molecule has 0 amide bonds. The normalized spacial score (nSPS) is 10.6. The van der Waals surface area contributed by atoms with E-state index in [0.717, 1.165) is 19.3 Å². The van der Waals surface area contributed by atoms with Crippen LogP contribution in [0.4, 0.5) is 4.39 Å². The van der Waals surface area contributed by atoms with Gasteiger partial charge in [0.25, 0.3) is 0 Å². The molecule has 0 aromatic heterocycles. The van der Waals surface area contributed by atoms with E-state index < -0.39 is 17.8 Å². The molecule has 0 N–H and O–H groups in total. The van der Waals surface area contributed by atoms with Gasteiger partial charge in [0.1, 0.15) is 12.4 Å². The lowest BCUT2D eigenvalue weighted by molar-refractivity contribution is 0.0433. The van der Waals surface area contributed by atoms with Gasteiger partial charge in [-0.1, -0.05) is 88.6 Å². The summed E-state index contributed by atoms with van der Waals surface area (Å²) < 4.78 is 24.3. The minimum absolute atomic E-state index is 0.121. The molecular weight excluding hydrogens is 395 g/mol. The van der Waals surface area contributed by atoms with E-state index in [1.807, 2.05) is 0 Å². The summed E-state index contributed by atoms with van der Waals surface area (Å²) in [4.78, 5) is 24.9. The predicted octanol–water partition coefficient (Wildman–Crippen LogP) is 6.87. The van der Waals surface area contributed by atoms with Crippen LogP contribution >= 0.6 is 0 Å². The maximum atomic E-state index is 13.7. The molecule has 4 nitrogen and oxygen atoms in total. The lowest BCUT2D eigenvalue weighted by Crippen LogP contribution is -2.14. The molecule has 168 valence electrons. The van der Waals surface area contributed by atoms with Gasteiger partial charge in [-0.3, -0.25) is 0 Å².